The molecule has 0 saturated heterocycles. The molecule has 106 heavy (non-hydrogen) atoms. The van der Waals surface area contributed by atoms with E-state index < -0.39 is 24.2 Å². The Hall–Kier alpha value is -12.2. The second-order valence-electron chi connectivity index (χ2n) is 31.5. The van der Waals surface area contributed by atoms with Crippen molar-refractivity contribution in [2.75, 3.05) is 9.80 Å². The molecule has 0 spiro atoms. The monoisotopic (exact) mass is 1370 g/mol. The molecule has 0 radical (unpaired) electrons. The maximum Gasteiger partial charge on any atom is 0.252 e. The first-order valence-electron chi connectivity index (χ1n) is 40.4. The number of aromatic nitrogens is 1. The lowest BCUT2D eigenvalue weighted by molar-refractivity contribution is 0.590. The molecule has 16 aromatic rings. The van der Waals surface area contributed by atoms with Gasteiger partial charge in [0.05, 0.1) is 32.0 Å². The summed E-state index contributed by atoms with van der Waals surface area (Å²) in [7, 11) is 0. The third-order valence-corrected chi connectivity index (χ3v) is 21.6. The molecule has 0 aliphatic carbocycles. The molecular weight excluding hydrogens is 1280 g/mol. The van der Waals surface area contributed by atoms with E-state index >= 15 is 0 Å². The first-order valence-corrected chi connectivity index (χ1v) is 36.9. The van der Waals surface area contributed by atoms with Crippen LogP contribution in [-0.2, 0) is 16.2 Å². The standard InChI is InChI=1S/C102H84BN3/c1-100(2,3)79-60-84(70-39-23-13-24-40-70)98(85(61-79)71-41-25-14-26-42-71)105-93-54-50-75(78-56-76(68-35-19-11-20-36-68)55-77(57-78)69-37-21-12-22-38-69)59-90(93)103-89-52-51-82(104-91-48-32-31-47-83(91)88-58-74(49-53-92(88)104)67-33-17-10-18-34-67)66-94(89)106(96-65-81(102(7,8)9)64-95(105)97(96)103)99-86(72-43-27-15-28-44-72)62-80(101(4,5)6)63-87(99)73-45-29-16-30-46-73/h10-66H,1-9H3/i31D,32D,47D,48D,49D,53D,58D. The zero-order valence-electron chi connectivity index (χ0n) is 68.3. The van der Waals surface area contributed by atoms with Gasteiger partial charge in [-0.25, -0.2) is 0 Å². The van der Waals surface area contributed by atoms with Crippen molar-refractivity contribution in [1.29, 1.82) is 0 Å². The summed E-state index contributed by atoms with van der Waals surface area (Å²) in [4.78, 5) is 5.11. The Kier molecular flexibility index (Phi) is 14.2. The molecule has 1 aromatic heterocycles. The predicted octanol–water partition coefficient (Wildman–Crippen LogP) is 26.1. The van der Waals surface area contributed by atoms with Gasteiger partial charge in [-0.3, -0.25) is 0 Å². The van der Waals surface area contributed by atoms with Crippen LogP contribution in [0.1, 0.15) is 88.6 Å². The predicted molar refractivity (Wildman–Crippen MR) is 454 cm³/mol. The van der Waals surface area contributed by atoms with Crippen LogP contribution in [0, 0.1) is 0 Å². The molecule has 0 unspecified atom stereocenters. The van der Waals surface area contributed by atoms with E-state index in [2.05, 4.69) is 339 Å². The first kappa shape index (κ1) is 58.2. The molecule has 18 rings (SSSR count). The summed E-state index contributed by atoms with van der Waals surface area (Å²) < 4.78 is 71.1. The Morgan fingerprint density at radius 2 is 0.651 bits per heavy atom. The lowest BCUT2D eigenvalue weighted by Gasteiger charge is -2.47. The molecule has 2 aliphatic rings. The largest absolute Gasteiger partial charge is 0.310 e. The highest BCUT2D eigenvalue weighted by atomic mass is 15.2. The summed E-state index contributed by atoms with van der Waals surface area (Å²) in [5.74, 6) is 0. The topological polar surface area (TPSA) is 11.4 Å². The number of hydrogen-bond donors (Lipinski definition) is 0. The second kappa shape index (κ2) is 25.9. The van der Waals surface area contributed by atoms with Crippen LogP contribution in [0.2, 0.25) is 0 Å². The molecule has 0 atom stereocenters. The lowest BCUT2D eigenvalue weighted by Crippen LogP contribution is -2.61. The highest BCUT2D eigenvalue weighted by Crippen LogP contribution is 2.56. The smallest absolute Gasteiger partial charge is 0.252 e. The average molecular weight is 1370 g/mol. The van der Waals surface area contributed by atoms with Gasteiger partial charge in [0, 0.05) is 61.5 Å². The first-order chi connectivity index (χ1) is 54.4. The van der Waals surface area contributed by atoms with Gasteiger partial charge in [0.15, 0.2) is 0 Å². The zero-order valence-corrected chi connectivity index (χ0v) is 61.3. The van der Waals surface area contributed by atoms with Crippen LogP contribution in [0.3, 0.4) is 0 Å². The minimum Gasteiger partial charge on any atom is -0.310 e. The molecule has 15 aromatic carbocycles. The normalized spacial score (nSPS) is 13.6. The van der Waals surface area contributed by atoms with Gasteiger partial charge in [-0.15, -0.1) is 0 Å². The number of hydrogen-bond acceptors (Lipinski definition) is 2. The Morgan fingerprint density at radius 3 is 1.08 bits per heavy atom. The number of fused-ring (bicyclic) bond motifs is 7. The fourth-order valence-corrected chi connectivity index (χ4v) is 16.1. The van der Waals surface area contributed by atoms with Crippen LogP contribution < -0.4 is 26.2 Å². The molecule has 0 fully saturated rings. The Labute approximate surface area is 635 Å². The third kappa shape index (κ3) is 11.6. The van der Waals surface area contributed by atoms with Gasteiger partial charge in [-0.05, 0) is 207 Å². The van der Waals surface area contributed by atoms with E-state index in [0.29, 0.717) is 11.3 Å². The molecule has 0 bridgehead atoms. The molecule has 2 aliphatic heterocycles. The SMILES string of the molecule is [2H]c1c([2H])c([2H])c2c(c1[2H])c1c([2H])c(-c3ccccc3)c([2H])c([2H])c1n2-c1ccc2c(c1)N(c1c(-c3ccccc3)cc(C(C)(C)C)cc1-c1ccccc1)c1cc(C(C)(C)C)cc3c1B2c1cc(-c2cc(-c4ccccc4)cc(-c4ccccc4)c2)ccc1N3c1c(-c2ccccc2)cc(C(C)(C)C)cc1-c1ccccc1. The lowest BCUT2D eigenvalue weighted by atomic mass is 9.33. The van der Waals surface area contributed by atoms with E-state index in [0.717, 1.165) is 140 Å². The van der Waals surface area contributed by atoms with Crippen LogP contribution >= 0.6 is 0 Å². The van der Waals surface area contributed by atoms with Crippen LogP contribution in [-0.4, -0.2) is 11.3 Å². The van der Waals surface area contributed by atoms with Gasteiger partial charge >= 0.3 is 0 Å². The summed E-state index contributed by atoms with van der Waals surface area (Å²) in [5.41, 5.74) is 27.4. The molecule has 3 heterocycles. The summed E-state index contributed by atoms with van der Waals surface area (Å²) >= 11 is 0. The van der Waals surface area contributed by atoms with Gasteiger partial charge in [0.2, 0.25) is 0 Å². The number of anilines is 6. The van der Waals surface area contributed by atoms with Crippen molar-refractivity contribution in [3.8, 4) is 94.7 Å². The number of para-hydroxylation sites is 1. The van der Waals surface area contributed by atoms with Crippen molar-refractivity contribution in [1.82, 2.24) is 4.57 Å². The van der Waals surface area contributed by atoms with Crippen LogP contribution in [0.25, 0.3) is 117 Å². The summed E-state index contributed by atoms with van der Waals surface area (Å²) in [6, 6.07) is 107. The highest BCUT2D eigenvalue weighted by molar-refractivity contribution is 7.00. The van der Waals surface area contributed by atoms with Gasteiger partial charge < -0.3 is 14.4 Å². The van der Waals surface area contributed by atoms with Crippen LogP contribution in [0.5, 0.6) is 0 Å². The highest BCUT2D eigenvalue weighted by Gasteiger charge is 2.47. The summed E-state index contributed by atoms with van der Waals surface area (Å²) in [6.07, 6.45) is 0. The van der Waals surface area contributed by atoms with Crippen molar-refractivity contribution < 1.29 is 9.60 Å². The van der Waals surface area contributed by atoms with E-state index in [1.54, 1.807) is 4.57 Å². The van der Waals surface area contributed by atoms with Gasteiger partial charge in [0.25, 0.3) is 6.71 Å². The van der Waals surface area contributed by atoms with Gasteiger partial charge in [0.1, 0.15) is 0 Å². The molecule has 0 amide bonds. The Morgan fingerprint density at radius 1 is 0.274 bits per heavy atom. The molecule has 3 nitrogen and oxygen atoms in total. The van der Waals surface area contributed by atoms with E-state index in [9.17, 15) is 9.60 Å². The number of rotatable bonds is 11. The molecule has 0 saturated carbocycles. The number of benzene rings is 15. The van der Waals surface area contributed by atoms with Crippen LogP contribution in [0.4, 0.5) is 34.1 Å². The molecular formula is C102H84BN3. The third-order valence-electron chi connectivity index (χ3n) is 21.6. The van der Waals surface area contributed by atoms with Gasteiger partial charge in [-0.2, -0.15) is 0 Å². The fraction of sp³-hybridized carbons (Fsp3) is 0.118. The van der Waals surface area contributed by atoms with Crippen molar-refractivity contribution in [2.24, 2.45) is 0 Å². The van der Waals surface area contributed by atoms with E-state index in [-0.39, 0.29) is 68.4 Å². The van der Waals surface area contributed by atoms with Crippen molar-refractivity contribution in [3.63, 3.8) is 0 Å². The molecule has 0 N–H and O–H groups in total. The van der Waals surface area contributed by atoms with E-state index in [4.69, 9.17) is 0 Å². The quantitative estimate of drug-likeness (QED) is 0.120. The zero-order chi connectivity index (χ0) is 78.3. The van der Waals surface area contributed by atoms with Gasteiger partial charge in [-0.1, -0.05) is 317 Å². The average Bonchev–Trinajstić information content (AvgIpc) is 1.52. The summed E-state index contributed by atoms with van der Waals surface area (Å²) in [6.45, 7) is 20.1. The minimum absolute atomic E-state index is 0.0982. The van der Waals surface area contributed by atoms with E-state index in [1.807, 2.05) is 36.4 Å². The Balaban J connectivity index is 1.04. The van der Waals surface area contributed by atoms with Crippen molar-refractivity contribution in [3.05, 3.63) is 362 Å². The maximum absolute atomic E-state index is 10.3. The second-order valence-corrected chi connectivity index (χ2v) is 31.5. The number of nitrogens with zero attached hydrogens (tertiary/aromatic N) is 3. The molecule has 510 valence electrons. The Bertz CT molecular complexity index is 6310. The molecule has 4 heteroatoms. The minimum atomic E-state index is -0.509. The van der Waals surface area contributed by atoms with Crippen molar-refractivity contribution >= 4 is 79.0 Å². The fourth-order valence-electron chi connectivity index (χ4n) is 16.1. The summed E-state index contributed by atoms with van der Waals surface area (Å²) in [5, 5.41) is 0.278. The van der Waals surface area contributed by atoms with Crippen LogP contribution in [0.15, 0.2) is 346 Å². The van der Waals surface area contributed by atoms with Crippen molar-refractivity contribution in [2.45, 2.75) is 78.6 Å². The van der Waals surface area contributed by atoms with E-state index in [1.165, 1.54) is 5.56 Å². The maximum atomic E-state index is 10.3.